The lowest BCUT2D eigenvalue weighted by molar-refractivity contribution is -0.887. The van der Waals surface area contributed by atoms with Crippen molar-refractivity contribution in [1.82, 2.24) is 0 Å². The van der Waals surface area contributed by atoms with E-state index in [1.807, 2.05) is 0 Å². The maximum atomic E-state index is 10.7. The topological polar surface area (TPSA) is 209 Å². The first-order valence-electron chi connectivity index (χ1n) is 5.80. The van der Waals surface area contributed by atoms with Crippen LogP contribution in [0.3, 0.4) is 0 Å². The number of hydrogen-bond donors (Lipinski definition) is 0. The summed E-state index contributed by atoms with van der Waals surface area (Å²) in [6, 6.07) is 0. The zero-order chi connectivity index (χ0) is 18.3. The van der Waals surface area contributed by atoms with Gasteiger partial charge in [-0.15, -0.1) is 0 Å². The molecule has 0 heterocycles. The summed E-state index contributed by atoms with van der Waals surface area (Å²) >= 11 is 0. The summed E-state index contributed by atoms with van der Waals surface area (Å²) in [6.07, 6.45) is -1.45. The highest BCUT2D eigenvalue weighted by Crippen LogP contribution is 2.20. The summed E-state index contributed by atoms with van der Waals surface area (Å²) in [6.45, 7) is 0.884. The molecule has 0 aromatic rings. The molecule has 0 atom stereocenters. The summed E-state index contributed by atoms with van der Waals surface area (Å²) in [5, 5.41) is 42.6. The molecule has 0 rings (SSSR count). The van der Waals surface area contributed by atoms with E-state index < -0.39 is 51.0 Å². The van der Waals surface area contributed by atoms with Gasteiger partial charge in [-0.2, -0.15) is 9.78 Å². The Morgan fingerprint density at radius 3 is 1.13 bits per heavy atom. The number of rotatable bonds is 12. The van der Waals surface area contributed by atoms with E-state index in [2.05, 4.69) is 19.6 Å². The van der Waals surface area contributed by atoms with Crippen molar-refractivity contribution >= 4 is 0 Å². The van der Waals surface area contributed by atoms with E-state index in [1.54, 1.807) is 0 Å². The first-order valence-corrected chi connectivity index (χ1v) is 5.80. The molecule has 0 saturated carbocycles. The smallest absolute Gasteiger partial charge is 0.256 e. The van der Waals surface area contributed by atoms with Gasteiger partial charge in [-0.3, -0.25) is 40.5 Å². The lowest BCUT2D eigenvalue weighted by Crippen LogP contribution is -2.49. The predicted molar refractivity (Wildman–Crippen MR) is 63.2 cm³/mol. The van der Waals surface area contributed by atoms with E-state index in [-0.39, 0.29) is 0 Å². The van der Waals surface area contributed by atoms with Gasteiger partial charge in [0.25, 0.3) is 0 Å². The van der Waals surface area contributed by atoms with Crippen LogP contribution in [-0.2, 0) is 19.6 Å². The number of nitrogens with zero attached hydrogens (tertiary/aromatic N) is 4. The van der Waals surface area contributed by atoms with Crippen molar-refractivity contribution in [1.29, 1.82) is 0 Å². The van der Waals surface area contributed by atoms with E-state index >= 15 is 0 Å². The summed E-state index contributed by atoms with van der Waals surface area (Å²) in [4.78, 5) is 53.2. The van der Waals surface area contributed by atoms with E-state index in [9.17, 15) is 40.5 Å². The van der Waals surface area contributed by atoms with Gasteiger partial charge in [-0.05, 0) is 13.8 Å². The molecule has 132 valence electrons. The van der Waals surface area contributed by atoms with E-state index in [4.69, 9.17) is 0 Å². The highest BCUT2D eigenvalue weighted by atomic mass is 17.3. The Morgan fingerprint density at radius 2 is 0.957 bits per heavy atom. The Morgan fingerprint density at radius 1 is 0.696 bits per heavy atom. The van der Waals surface area contributed by atoms with E-state index in [0.717, 1.165) is 13.8 Å². The van der Waals surface area contributed by atoms with Gasteiger partial charge in [0, 0.05) is 0 Å². The van der Waals surface area contributed by atoms with E-state index in [1.165, 1.54) is 0 Å². The third-order valence-corrected chi connectivity index (χ3v) is 2.54. The fraction of sp³-hybridized carbons (Fsp3) is 1.00. The molecular formula is C7H12N4O12. The van der Waals surface area contributed by atoms with Crippen LogP contribution in [0.4, 0.5) is 0 Å². The summed E-state index contributed by atoms with van der Waals surface area (Å²) < 4.78 is 0. The second-order valence-corrected chi connectivity index (χ2v) is 3.74. The van der Waals surface area contributed by atoms with Crippen LogP contribution in [-0.4, -0.2) is 38.2 Å². The third-order valence-electron chi connectivity index (χ3n) is 2.54. The summed E-state index contributed by atoms with van der Waals surface area (Å²) in [5.74, 6) is -6.26. The highest BCUT2D eigenvalue weighted by molar-refractivity contribution is 4.48. The van der Waals surface area contributed by atoms with Crippen LogP contribution in [0.15, 0.2) is 0 Å². The Balaban J connectivity index is 4.67. The molecule has 0 bridgehead atoms. The van der Waals surface area contributed by atoms with Crippen molar-refractivity contribution in [3.8, 4) is 0 Å². The standard InChI is InChI=1S/C7H12N4O12/c1-3-6(8(12)13,9(14)15)22-20-5-21-23-7(4-2,10(16)17)11(18)19/h3-5H2,1-2H3. The number of nitro groups is 4. The third kappa shape index (κ3) is 4.22. The average Bonchev–Trinajstić information content (AvgIpc) is 2.45. The minimum absolute atomic E-state index is 0.726. The SMILES string of the molecule is CCC(OOCOOC(CC)([N+](=O)[O-])[N+](=O)[O-])([N+](=O)[O-])[N+](=O)[O-]. The molecule has 16 heteroatoms. The van der Waals surface area contributed by atoms with Crippen LogP contribution in [0.1, 0.15) is 26.7 Å². The lowest BCUT2D eigenvalue weighted by Gasteiger charge is -2.15. The molecule has 0 aliphatic rings. The number of hydrogen-bond acceptors (Lipinski definition) is 12. The maximum absolute atomic E-state index is 10.7. The van der Waals surface area contributed by atoms with Crippen LogP contribution >= 0.6 is 0 Å². The largest absolute Gasteiger partial charge is 0.603 e. The van der Waals surface area contributed by atoms with Crippen molar-refractivity contribution in [2.75, 3.05) is 6.79 Å². The highest BCUT2D eigenvalue weighted by Gasteiger charge is 2.60. The normalized spacial score (nSPS) is 11.9. The minimum Gasteiger partial charge on any atom is -0.256 e. The van der Waals surface area contributed by atoms with Gasteiger partial charge in [0.1, 0.15) is 32.5 Å². The molecule has 0 aromatic heterocycles. The van der Waals surface area contributed by atoms with Gasteiger partial charge in [0.2, 0.25) is 6.79 Å². The first kappa shape index (κ1) is 20.4. The molecule has 0 unspecified atom stereocenters. The fourth-order valence-corrected chi connectivity index (χ4v) is 1.15. The van der Waals surface area contributed by atoms with Gasteiger partial charge < -0.3 is 0 Å². The molecule has 0 N–H and O–H groups in total. The van der Waals surface area contributed by atoms with Gasteiger partial charge >= 0.3 is 11.7 Å². The molecular weight excluding hydrogens is 332 g/mol. The van der Waals surface area contributed by atoms with Crippen molar-refractivity contribution < 1.29 is 39.2 Å². The van der Waals surface area contributed by atoms with Crippen LogP contribution in [0.25, 0.3) is 0 Å². The fourth-order valence-electron chi connectivity index (χ4n) is 1.15. The van der Waals surface area contributed by atoms with E-state index in [0.29, 0.717) is 0 Å². The summed E-state index contributed by atoms with van der Waals surface area (Å²) in [7, 11) is 0. The van der Waals surface area contributed by atoms with Crippen LogP contribution in [0.2, 0.25) is 0 Å². The predicted octanol–water partition coefficient (Wildman–Crippen LogP) is 0.0747. The second-order valence-electron chi connectivity index (χ2n) is 3.74. The molecule has 0 saturated heterocycles. The second kappa shape index (κ2) is 8.17. The van der Waals surface area contributed by atoms with Crippen LogP contribution in [0, 0.1) is 40.5 Å². The van der Waals surface area contributed by atoms with Crippen molar-refractivity contribution in [2.24, 2.45) is 0 Å². The van der Waals surface area contributed by atoms with Gasteiger partial charge in [0.05, 0.1) is 0 Å². The quantitative estimate of drug-likeness (QED) is 0.151. The zero-order valence-electron chi connectivity index (χ0n) is 11.8. The monoisotopic (exact) mass is 344 g/mol. The zero-order valence-corrected chi connectivity index (χ0v) is 11.8. The Bertz CT molecular complexity index is 410. The summed E-state index contributed by atoms with van der Waals surface area (Å²) in [5.41, 5.74) is 0. The van der Waals surface area contributed by atoms with Crippen molar-refractivity contribution in [2.45, 2.75) is 38.4 Å². The lowest BCUT2D eigenvalue weighted by atomic mass is 10.3. The average molecular weight is 344 g/mol. The molecule has 0 spiro atoms. The Kier molecular flexibility index (Phi) is 7.26. The first-order chi connectivity index (χ1) is 10.6. The van der Waals surface area contributed by atoms with Crippen molar-refractivity contribution in [3.05, 3.63) is 40.5 Å². The molecule has 0 fully saturated rings. The van der Waals surface area contributed by atoms with Gasteiger partial charge in [0.15, 0.2) is 0 Å². The molecule has 0 radical (unpaired) electrons. The molecule has 0 aliphatic carbocycles. The molecule has 0 amide bonds. The Labute approximate surface area is 126 Å². The molecule has 23 heavy (non-hydrogen) atoms. The van der Waals surface area contributed by atoms with Gasteiger partial charge in [-0.25, -0.2) is 0 Å². The maximum Gasteiger partial charge on any atom is 0.603 e. The molecule has 0 aromatic carbocycles. The molecule has 16 nitrogen and oxygen atoms in total. The molecule has 0 aliphatic heterocycles. The van der Waals surface area contributed by atoms with Crippen molar-refractivity contribution in [3.63, 3.8) is 0 Å². The van der Waals surface area contributed by atoms with Crippen LogP contribution in [0.5, 0.6) is 0 Å². The Hall–Kier alpha value is -2.56. The van der Waals surface area contributed by atoms with Crippen LogP contribution < -0.4 is 0 Å². The van der Waals surface area contributed by atoms with Gasteiger partial charge in [-0.1, -0.05) is 9.78 Å². The minimum atomic E-state index is -3.13.